The molecule has 1 heterocycles. The third-order valence-electron chi connectivity index (χ3n) is 5.39. The van der Waals surface area contributed by atoms with Crippen molar-refractivity contribution in [3.8, 4) is 5.75 Å². The molecule has 4 rings (SSSR count). The lowest BCUT2D eigenvalue weighted by atomic mass is 9.98. The zero-order chi connectivity index (χ0) is 20.2. The van der Waals surface area contributed by atoms with Crippen molar-refractivity contribution in [1.82, 2.24) is 10.2 Å². The number of ether oxygens (including phenoxy) is 1. The van der Waals surface area contributed by atoms with Gasteiger partial charge >= 0.3 is 0 Å². The fourth-order valence-electron chi connectivity index (χ4n) is 3.60. The zero-order valence-corrected chi connectivity index (χ0v) is 17.0. The summed E-state index contributed by atoms with van der Waals surface area (Å²) in [4.78, 5) is 26.8. The van der Waals surface area contributed by atoms with Gasteiger partial charge in [-0.25, -0.2) is 0 Å². The molecule has 0 radical (unpaired) electrons. The van der Waals surface area contributed by atoms with Crippen LogP contribution in [-0.4, -0.2) is 42.5 Å². The van der Waals surface area contributed by atoms with Gasteiger partial charge in [-0.15, -0.1) is 0 Å². The summed E-state index contributed by atoms with van der Waals surface area (Å²) in [5.74, 6) is 0.944. The maximum absolute atomic E-state index is 12.7. The van der Waals surface area contributed by atoms with Gasteiger partial charge in [0.1, 0.15) is 5.75 Å². The largest absolute Gasteiger partial charge is 0.493 e. The van der Waals surface area contributed by atoms with E-state index in [9.17, 15) is 9.59 Å². The molecule has 1 aliphatic carbocycles. The Hall–Kier alpha value is -2.53. The van der Waals surface area contributed by atoms with E-state index in [0.717, 1.165) is 32.2 Å². The molecule has 1 saturated carbocycles. The molecule has 0 aromatic heterocycles. The standard InChI is InChI=1S/C23H25ClN2O3/c24-19-8-6-17(7-9-19)23(28)26-12-2-3-16(14-26)15-29-21-5-1-4-18(13-21)22(27)25-20-10-11-20/h1,4-9,13,16,20H,2-3,10-12,14-15H2,(H,25,27)/t16-/m1/s1. The molecule has 0 bridgehead atoms. The van der Waals surface area contributed by atoms with E-state index < -0.39 is 0 Å². The van der Waals surface area contributed by atoms with E-state index in [1.165, 1.54) is 0 Å². The van der Waals surface area contributed by atoms with Crippen LogP contribution in [0.3, 0.4) is 0 Å². The number of hydrogen-bond donors (Lipinski definition) is 1. The van der Waals surface area contributed by atoms with Gasteiger partial charge in [-0.3, -0.25) is 9.59 Å². The lowest BCUT2D eigenvalue weighted by Crippen LogP contribution is -2.41. The van der Waals surface area contributed by atoms with Crippen LogP contribution in [-0.2, 0) is 0 Å². The van der Waals surface area contributed by atoms with Gasteiger partial charge < -0.3 is 15.0 Å². The molecule has 1 aliphatic heterocycles. The molecule has 1 atom stereocenters. The quantitative estimate of drug-likeness (QED) is 0.774. The van der Waals surface area contributed by atoms with Crippen LogP contribution in [0, 0.1) is 5.92 Å². The van der Waals surface area contributed by atoms with Gasteiger partial charge in [0.25, 0.3) is 11.8 Å². The molecular formula is C23H25ClN2O3. The fourth-order valence-corrected chi connectivity index (χ4v) is 3.72. The summed E-state index contributed by atoms with van der Waals surface area (Å²) >= 11 is 5.92. The molecule has 2 aromatic rings. The Morgan fingerprint density at radius 3 is 2.62 bits per heavy atom. The Kier molecular flexibility index (Phi) is 6.05. The molecule has 0 unspecified atom stereocenters. The summed E-state index contributed by atoms with van der Waals surface area (Å²) in [6.45, 7) is 1.95. The topological polar surface area (TPSA) is 58.6 Å². The van der Waals surface area contributed by atoms with Crippen LogP contribution in [0.5, 0.6) is 5.75 Å². The number of benzene rings is 2. The first-order chi connectivity index (χ1) is 14.1. The highest BCUT2D eigenvalue weighted by atomic mass is 35.5. The smallest absolute Gasteiger partial charge is 0.253 e. The van der Waals surface area contributed by atoms with E-state index in [1.54, 1.807) is 36.4 Å². The summed E-state index contributed by atoms with van der Waals surface area (Å²) in [5.41, 5.74) is 1.28. The molecule has 5 nitrogen and oxygen atoms in total. The normalized spacial score (nSPS) is 18.9. The predicted octanol–water partition coefficient (Wildman–Crippen LogP) is 4.16. The molecule has 152 valence electrons. The van der Waals surface area contributed by atoms with Crippen molar-refractivity contribution in [3.05, 3.63) is 64.7 Å². The van der Waals surface area contributed by atoms with E-state index >= 15 is 0 Å². The Labute approximate surface area is 176 Å². The number of piperidine rings is 1. The SMILES string of the molecule is O=C(NC1CC1)c1cccc(OC[C@@H]2CCCN(C(=O)c3ccc(Cl)cc3)C2)c1. The number of likely N-dealkylation sites (tertiary alicyclic amines) is 1. The highest BCUT2D eigenvalue weighted by Gasteiger charge is 2.26. The zero-order valence-electron chi connectivity index (χ0n) is 16.3. The van der Waals surface area contributed by atoms with Crippen LogP contribution < -0.4 is 10.1 Å². The number of hydrogen-bond acceptors (Lipinski definition) is 3. The number of rotatable bonds is 6. The predicted molar refractivity (Wildman–Crippen MR) is 113 cm³/mol. The van der Waals surface area contributed by atoms with E-state index in [4.69, 9.17) is 16.3 Å². The Morgan fingerprint density at radius 2 is 1.86 bits per heavy atom. The van der Waals surface area contributed by atoms with Gasteiger partial charge in [0, 0.05) is 41.2 Å². The third kappa shape index (κ3) is 5.30. The molecular weight excluding hydrogens is 388 g/mol. The summed E-state index contributed by atoms with van der Waals surface area (Å²) in [7, 11) is 0. The molecule has 0 spiro atoms. The van der Waals surface area contributed by atoms with Crippen LogP contribution in [0.1, 0.15) is 46.4 Å². The van der Waals surface area contributed by atoms with Crippen molar-refractivity contribution >= 4 is 23.4 Å². The van der Waals surface area contributed by atoms with Crippen molar-refractivity contribution in [1.29, 1.82) is 0 Å². The molecule has 1 N–H and O–H groups in total. The number of nitrogens with one attached hydrogen (secondary N) is 1. The van der Waals surface area contributed by atoms with Crippen molar-refractivity contribution in [2.75, 3.05) is 19.7 Å². The minimum Gasteiger partial charge on any atom is -0.493 e. The molecule has 2 aliphatic rings. The maximum atomic E-state index is 12.7. The second-order valence-corrected chi connectivity index (χ2v) is 8.29. The average Bonchev–Trinajstić information content (AvgIpc) is 3.57. The highest BCUT2D eigenvalue weighted by Crippen LogP contribution is 2.23. The Morgan fingerprint density at radius 1 is 1.07 bits per heavy atom. The summed E-state index contributed by atoms with van der Waals surface area (Å²) in [6.07, 6.45) is 4.10. The average molecular weight is 413 g/mol. The molecule has 2 aromatic carbocycles. The lowest BCUT2D eigenvalue weighted by Gasteiger charge is -2.32. The van der Waals surface area contributed by atoms with Crippen molar-refractivity contribution in [2.45, 2.75) is 31.7 Å². The van der Waals surface area contributed by atoms with Gasteiger partial charge in [0.05, 0.1) is 6.61 Å². The summed E-state index contributed by atoms with van der Waals surface area (Å²) in [6, 6.07) is 14.7. The van der Waals surface area contributed by atoms with Crippen LogP contribution in [0.4, 0.5) is 0 Å². The maximum Gasteiger partial charge on any atom is 0.253 e. The molecule has 2 fully saturated rings. The van der Waals surface area contributed by atoms with Crippen LogP contribution >= 0.6 is 11.6 Å². The molecule has 2 amide bonds. The van der Waals surface area contributed by atoms with Crippen LogP contribution in [0.2, 0.25) is 5.02 Å². The lowest BCUT2D eigenvalue weighted by molar-refractivity contribution is 0.0633. The highest BCUT2D eigenvalue weighted by molar-refractivity contribution is 6.30. The second-order valence-electron chi connectivity index (χ2n) is 7.85. The van der Waals surface area contributed by atoms with E-state index in [1.807, 2.05) is 17.0 Å². The van der Waals surface area contributed by atoms with Crippen molar-refractivity contribution in [3.63, 3.8) is 0 Å². The number of carbonyl (C=O) groups excluding carboxylic acids is 2. The van der Waals surface area contributed by atoms with E-state index in [-0.39, 0.29) is 17.7 Å². The van der Waals surface area contributed by atoms with Crippen LogP contribution in [0.15, 0.2) is 48.5 Å². The first kappa shape index (κ1) is 19.8. The number of nitrogens with zero attached hydrogens (tertiary/aromatic N) is 1. The molecule has 29 heavy (non-hydrogen) atoms. The van der Waals surface area contributed by atoms with Crippen LogP contribution in [0.25, 0.3) is 0 Å². The van der Waals surface area contributed by atoms with E-state index in [2.05, 4.69) is 5.32 Å². The first-order valence-corrected chi connectivity index (χ1v) is 10.5. The summed E-state index contributed by atoms with van der Waals surface area (Å²) in [5, 5.41) is 3.62. The minimum atomic E-state index is -0.0460. The number of amides is 2. The van der Waals surface area contributed by atoms with Gasteiger partial charge in [0.2, 0.25) is 0 Å². The van der Waals surface area contributed by atoms with Gasteiger partial charge in [0.15, 0.2) is 0 Å². The summed E-state index contributed by atoms with van der Waals surface area (Å²) < 4.78 is 5.97. The molecule has 6 heteroatoms. The second kappa shape index (κ2) is 8.87. The fraction of sp³-hybridized carbons (Fsp3) is 0.391. The van der Waals surface area contributed by atoms with Crippen molar-refractivity contribution < 1.29 is 14.3 Å². The minimum absolute atomic E-state index is 0.0325. The Balaban J connectivity index is 1.32. The third-order valence-corrected chi connectivity index (χ3v) is 5.64. The Bertz CT molecular complexity index is 880. The number of carbonyl (C=O) groups is 2. The van der Waals surface area contributed by atoms with Crippen molar-refractivity contribution in [2.24, 2.45) is 5.92 Å². The first-order valence-electron chi connectivity index (χ1n) is 10.2. The monoisotopic (exact) mass is 412 g/mol. The van der Waals surface area contributed by atoms with Gasteiger partial charge in [-0.2, -0.15) is 0 Å². The molecule has 1 saturated heterocycles. The van der Waals surface area contributed by atoms with Gasteiger partial charge in [-0.1, -0.05) is 17.7 Å². The van der Waals surface area contributed by atoms with E-state index in [0.29, 0.717) is 41.1 Å². The van der Waals surface area contributed by atoms with Gasteiger partial charge in [-0.05, 0) is 68.1 Å². The number of halogens is 1.